The second-order valence-electron chi connectivity index (χ2n) is 5.55. The third-order valence-corrected chi connectivity index (χ3v) is 6.14. The Morgan fingerprint density at radius 3 is 2.90 bits per heavy atom. The molecule has 0 radical (unpaired) electrons. The molecule has 0 spiro atoms. The molecule has 0 bridgehead atoms. The van der Waals surface area contributed by atoms with Crippen LogP contribution in [0.1, 0.15) is 32.6 Å². The van der Waals surface area contributed by atoms with Crippen molar-refractivity contribution in [1.82, 2.24) is 15.5 Å². The van der Waals surface area contributed by atoms with Gasteiger partial charge in [0.05, 0.1) is 6.61 Å². The molecule has 0 saturated heterocycles. The number of likely N-dealkylation sites (N-methyl/N-ethyl adjacent to an activating group) is 1. The Kier molecular flexibility index (Phi) is 5.65. The molecule has 0 aromatic carbocycles. The minimum absolute atomic E-state index is 0.0975. The van der Waals surface area contributed by atoms with Crippen LogP contribution in [0.3, 0.4) is 0 Å². The number of aliphatic hydroxyl groups excluding tert-OH is 1. The molecule has 0 amide bonds. The monoisotopic (exact) mass is 316 g/mol. The highest BCUT2D eigenvalue weighted by Crippen LogP contribution is 2.39. The molecule has 1 fully saturated rings. The molecule has 1 aliphatic carbocycles. The molecule has 2 atom stereocenters. The first-order valence-corrected chi connectivity index (χ1v) is 8.81. The maximum Gasteiger partial charge on any atom is 0.208 e. The summed E-state index contributed by atoms with van der Waals surface area (Å²) in [6, 6.07) is 0. The first-order chi connectivity index (χ1) is 9.58. The Labute approximate surface area is 129 Å². The zero-order valence-electron chi connectivity index (χ0n) is 12.4. The van der Waals surface area contributed by atoms with Crippen molar-refractivity contribution in [2.24, 2.45) is 0 Å². The highest BCUT2D eigenvalue weighted by Gasteiger charge is 2.35. The minimum Gasteiger partial charge on any atom is -0.394 e. The maximum atomic E-state index is 9.73. The summed E-state index contributed by atoms with van der Waals surface area (Å²) < 4.78 is 1.03. The van der Waals surface area contributed by atoms with Crippen molar-refractivity contribution in [3.05, 3.63) is 0 Å². The zero-order chi connectivity index (χ0) is 14.6. The lowest BCUT2D eigenvalue weighted by atomic mass is 9.82. The van der Waals surface area contributed by atoms with E-state index in [1.54, 1.807) is 11.3 Å². The summed E-state index contributed by atoms with van der Waals surface area (Å²) in [7, 11) is 3.97. The van der Waals surface area contributed by atoms with Crippen LogP contribution in [0.2, 0.25) is 0 Å². The molecule has 20 heavy (non-hydrogen) atoms. The summed E-state index contributed by atoms with van der Waals surface area (Å²) in [5.41, 5.74) is -0.0975. The fourth-order valence-electron chi connectivity index (χ4n) is 2.72. The summed E-state index contributed by atoms with van der Waals surface area (Å²) in [5, 5.41) is 23.1. The molecule has 1 aromatic rings. The number of hydrogen-bond donors (Lipinski definition) is 2. The zero-order valence-corrected chi connectivity index (χ0v) is 14.1. The second kappa shape index (κ2) is 7.06. The van der Waals surface area contributed by atoms with Crippen molar-refractivity contribution < 1.29 is 5.11 Å². The van der Waals surface area contributed by atoms with E-state index in [0.717, 1.165) is 35.3 Å². The van der Waals surface area contributed by atoms with E-state index in [1.807, 2.05) is 30.8 Å². The van der Waals surface area contributed by atoms with E-state index in [2.05, 4.69) is 22.4 Å². The lowest BCUT2D eigenvalue weighted by Crippen LogP contribution is -2.52. The van der Waals surface area contributed by atoms with E-state index in [4.69, 9.17) is 0 Å². The lowest BCUT2D eigenvalue weighted by Gasteiger charge is -2.39. The van der Waals surface area contributed by atoms with Gasteiger partial charge in [-0.3, -0.25) is 0 Å². The Hall–Kier alpha value is -0.370. The average Bonchev–Trinajstić information content (AvgIpc) is 2.88. The number of nitrogens with zero attached hydrogens (tertiary/aromatic N) is 3. The second-order valence-corrected chi connectivity index (χ2v) is 8.05. The van der Waals surface area contributed by atoms with E-state index in [0.29, 0.717) is 5.25 Å². The summed E-state index contributed by atoms with van der Waals surface area (Å²) in [5.74, 6) is 0. The predicted molar refractivity (Wildman–Crippen MR) is 85.8 cm³/mol. The first kappa shape index (κ1) is 16.0. The van der Waals surface area contributed by atoms with Crippen molar-refractivity contribution in [3.63, 3.8) is 0 Å². The molecule has 1 aliphatic rings. The molecule has 2 rings (SSSR count). The van der Waals surface area contributed by atoms with E-state index >= 15 is 0 Å². The van der Waals surface area contributed by atoms with Crippen LogP contribution in [0.25, 0.3) is 0 Å². The highest BCUT2D eigenvalue weighted by molar-refractivity contribution is 8.01. The van der Waals surface area contributed by atoms with Gasteiger partial charge >= 0.3 is 0 Å². The van der Waals surface area contributed by atoms with Gasteiger partial charge in [0.2, 0.25) is 5.13 Å². The van der Waals surface area contributed by atoms with Crippen molar-refractivity contribution in [2.45, 2.75) is 47.7 Å². The van der Waals surface area contributed by atoms with Crippen LogP contribution in [0, 0.1) is 0 Å². The standard InChI is InChI=1S/C13H24N4OS2/c1-4-14-13(9-18)7-5-6-10(8-13)19-12-16-15-11(20-12)17(2)3/h10,14,18H,4-9H2,1-3H3. The van der Waals surface area contributed by atoms with Crippen LogP contribution in [0.4, 0.5) is 5.13 Å². The topological polar surface area (TPSA) is 61.3 Å². The van der Waals surface area contributed by atoms with Gasteiger partial charge in [-0.15, -0.1) is 10.2 Å². The SMILES string of the molecule is CCNC1(CO)CCCC(Sc2nnc(N(C)C)s2)C1. The fourth-order valence-corrected chi connectivity index (χ4v) is 5.10. The van der Waals surface area contributed by atoms with Gasteiger partial charge in [-0.05, 0) is 25.8 Å². The smallest absolute Gasteiger partial charge is 0.208 e. The fraction of sp³-hybridized carbons (Fsp3) is 0.846. The molecule has 114 valence electrons. The van der Waals surface area contributed by atoms with Crippen molar-refractivity contribution >= 4 is 28.2 Å². The normalized spacial score (nSPS) is 26.7. The molecule has 7 heteroatoms. The van der Waals surface area contributed by atoms with Gasteiger partial charge in [0.15, 0.2) is 4.34 Å². The molecule has 1 saturated carbocycles. The predicted octanol–water partition coefficient (Wildman–Crippen LogP) is 1.98. The molecule has 5 nitrogen and oxygen atoms in total. The first-order valence-electron chi connectivity index (χ1n) is 7.12. The third kappa shape index (κ3) is 3.84. The van der Waals surface area contributed by atoms with Crippen LogP contribution in [-0.4, -0.2) is 53.3 Å². The van der Waals surface area contributed by atoms with Crippen LogP contribution >= 0.6 is 23.1 Å². The van der Waals surface area contributed by atoms with E-state index in [1.165, 1.54) is 6.42 Å². The van der Waals surface area contributed by atoms with E-state index < -0.39 is 0 Å². The number of rotatable bonds is 6. The highest BCUT2D eigenvalue weighted by atomic mass is 32.2. The molecule has 2 N–H and O–H groups in total. The van der Waals surface area contributed by atoms with Crippen molar-refractivity contribution in [1.29, 1.82) is 0 Å². The number of nitrogens with one attached hydrogen (secondary N) is 1. The van der Waals surface area contributed by atoms with Crippen LogP contribution in [-0.2, 0) is 0 Å². The number of aromatic nitrogens is 2. The Morgan fingerprint density at radius 2 is 2.30 bits per heavy atom. The molecular formula is C13H24N4OS2. The van der Waals surface area contributed by atoms with Crippen molar-refractivity contribution in [3.8, 4) is 0 Å². The molecule has 1 aromatic heterocycles. The Balaban J connectivity index is 1.98. The van der Waals surface area contributed by atoms with Gasteiger partial charge < -0.3 is 15.3 Å². The van der Waals surface area contributed by atoms with Crippen LogP contribution in [0.5, 0.6) is 0 Å². The summed E-state index contributed by atoms with van der Waals surface area (Å²) in [6.07, 6.45) is 4.41. The molecule has 0 aliphatic heterocycles. The molecule has 1 heterocycles. The third-order valence-electron chi connectivity index (χ3n) is 3.70. The summed E-state index contributed by atoms with van der Waals surface area (Å²) in [6.45, 7) is 3.22. The number of anilines is 1. The largest absolute Gasteiger partial charge is 0.394 e. The average molecular weight is 316 g/mol. The van der Waals surface area contributed by atoms with Crippen LogP contribution in [0.15, 0.2) is 4.34 Å². The van der Waals surface area contributed by atoms with Gasteiger partial charge in [-0.2, -0.15) is 0 Å². The Morgan fingerprint density at radius 1 is 1.50 bits per heavy atom. The van der Waals surface area contributed by atoms with Gasteiger partial charge in [0, 0.05) is 24.9 Å². The van der Waals surface area contributed by atoms with Crippen molar-refractivity contribution in [2.75, 3.05) is 32.1 Å². The van der Waals surface area contributed by atoms with Gasteiger partial charge in [-0.25, -0.2) is 0 Å². The molecule has 2 unspecified atom stereocenters. The summed E-state index contributed by atoms with van der Waals surface area (Å²) in [4.78, 5) is 1.99. The number of aliphatic hydroxyl groups is 1. The number of hydrogen-bond acceptors (Lipinski definition) is 7. The van der Waals surface area contributed by atoms with E-state index in [-0.39, 0.29) is 12.1 Å². The van der Waals surface area contributed by atoms with Gasteiger partial charge in [0.1, 0.15) is 0 Å². The summed E-state index contributed by atoms with van der Waals surface area (Å²) >= 11 is 3.45. The van der Waals surface area contributed by atoms with Crippen LogP contribution < -0.4 is 10.2 Å². The van der Waals surface area contributed by atoms with E-state index in [9.17, 15) is 5.11 Å². The lowest BCUT2D eigenvalue weighted by molar-refractivity contribution is 0.125. The van der Waals surface area contributed by atoms with Gasteiger partial charge in [-0.1, -0.05) is 36.4 Å². The maximum absolute atomic E-state index is 9.73. The Bertz CT molecular complexity index is 422. The quantitative estimate of drug-likeness (QED) is 0.837. The minimum atomic E-state index is -0.0975. The molecular weight excluding hydrogens is 292 g/mol. The number of thioether (sulfide) groups is 1. The van der Waals surface area contributed by atoms with Gasteiger partial charge in [0.25, 0.3) is 0 Å².